The van der Waals surface area contributed by atoms with Gasteiger partial charge in [0.15, 0.2) is 5.54 Å². The number of aliphatic carboxylic acids is 1. The normalized spacial score (nSPS) is 21.5. The molecule has 0 bridgehead atoms. The Hall–Kier alpha value is -2.37. The number of benzene rings is 1. The van der Waals surface area contributed by atoms with Crippen molar-refractivity contribution in [1.29, 1.82) is 0 Å². The number of ketones is 1. The Morgan fingerprint density at radius 3 is 2.42 bits per heavy atom. The van der Waals surface area contributed by atoms with E-state index in [4.69, 9.17) is 4.74 Å². The molecule has 0 spiro atoms. The summed E-state index contributed by atoms with van der Waals surface area (Å²) in [5.74, 6) is -1.35. The summed E-state index contributed by atoms with van der Waals surface area (Å²) < 4.78 is 5.37. The molecule has 2 rings (SSSR count). The minimum atomic E-state index is -1.61. The molecular formula is C18H23NO5. The van der Waals surface area contributed by atoms with Crippen LogP contribution in [0.2, 0.25) is 0 Å². The van der Waals surface area contributed by atoms with Gasteiger partial charge in [0.25, 0.3) is 0 Å². The number of carboxylic acids is 1. The summed E-state index contributed by atoms with van der Waals surface area (Å²) in [6.07, 6.45) is -0.707. The van der Waals surface area contributed by atoms with E-state index in [0.29, 0.717) is 0 Å². The highest BCUT2D eigenvalue weighted by Gasteiger charge is 2.51. The van der Waals surface area contributed by atoms with Gasteiger partial charge < -0.3 is 9.84 Å². The standard InChI is InChI=1S/C18H23NO5/c1-17(2,3)24-16(23)19-10-9-14(20)12-18(19,15(21)22)11-13-7-5-4-6-8-13/h4-8H,9-12H2,1-3H3,(H,21,22)/t18-/m1/s1. The van der Waals surface area contributed by atoms with Gasteiger partial charge in [-0.1, -0.05) is 30.3 Å². The van der Waals surface area contributed by atoms with E-state index >= 15 is 0 Å². The van der Waals surface area contributed by atoms with Crippen LogP contribution in [0, 0.1) is 0 Å². The summed E-state index contributed by atoms with van der Waals surface area (Å²) in [4.78, 5) is 37.9. The molecule has 1 heterocycles. The molecule has 1 saturated heterocycles. The first-order valence-corrected chi connectivity index (χ1v) is 7.94. The van der Waals surface area contributed by atoms with Crippen molar-refractivity contribution < 1.29 is 24.2 Å². The molecule has 1 aliphatic heterocycles. The van der Waals surface area contributed by atoms with Crippen molar-refractivity contribution in [3.05, 3.63) is 35.9 Å². The molecule has 0 aromatic heterocycles. The highest BCUT2D eigenvalue weighted by Crippen LogP contribution is 2.32. The first-order valence-electron chi connectivity index (χ1n) is 7.94. The van der Waals surface area contributed by atoms with Gasteiger partial charge in [0.2, 0.25) is 0 Å². The van der Waals surface area contributed by atoms with E-state index in [2.05, 4.69) is 0 Å². The van der Waals surface area contributed by atoms with E-state index in [1.165, 1.54) is 4.90 Å². The Morgan fingerprint density at radius 1 is 1.25 bits per heavy atom. The number of amides is 1. The van der Waals surface area contributed by atoms with Crippen molar-refractivity contribution in [2.75, 3.05) is 6.54 Å². The van der Waals surface area contributed by atoms with E-state index in [1.807, 2.05) is 6.07 Å². The van der Waals surface area contributed by atoms with Gasteiger partial charge in [-0.25, -0.2) is 9.59 Å². The van der Waals surface area contributed by atoms with E-state index in [1.54, 1.807) is 45.0 Å². The van der Waals surface area contributed by atoms with Crippen LogP contribution in [0.4, 0.5) is 4.79 Å². The van der Waals surface area contributed by atoms with E-state index < -0.39 is 23.2 Å². The largest absolute Gasteiger partial charge is 0.479 e. The van der Waals surface area contributed by atoms with E-state index in [-0.39, 0.29) is 31.6 Å². The lowest BCUT2D eigenvalue weighted by atomic mass is 9.81. The highest BCUT2D eigenvalue weighted by atomic mass is 16.6. The number of rotatable bonds is 3. The van der Waals surface area contributed by atoms with Crippen LogP contribution < -0.4 is 0 Å². The number of nitrogens with zero attached hydrogens (tertiary/aromatic N) is 1. The Kier molecular flexibility index (Phi) is 4.96. The molecule has 1 atom stereocenters. The zero-order chi connectivity index (χ0) is 18.0. The number of carbonyl (C=O) groups is 3. The van der Waals surface area contributed by atoms with Gasteiger partial charge in [-0.05, 0) is 26.3 Å². The third-order valence-electron chi connectivity index (χ3n) is 3.97. The fourth-order valence-corrected chi connectivity index (χ4v) is 2.90. The number of ether oxygens (including phenoxy) is 1. The van der Waals surface area contributed by atoms with Gasteiger partial charge in [0.05, 0.1) is 0 Å². The molecule has 24 heavy (non-hydrogen) atoms. The summed E-state index contributed by atoms with van der Waals surface area (Å²) in [5, 5.41) is 9.88. The van der Waals surface area contributed by atoms with Crippen LogP contribution in [0.1, 0.15) is 39.2 Å². The molecule has 0 unspecified atom stereocenters. The van der Waals surface area contributed by atoms with Crippen LogP contribution in [-0.4, -0.2) is 45.5 Å². The van der Waals surface area contributed by atoms with Crippen LogP contribution in [0.3, 0.4) is 0 Å². The maximum atomic E-state index is 12.6. The third-order valence-corrected chi connectivity index (χ3v) is 3.97. The monoisotopic (exact) mass is 333 g/mol. The van der Waals surface area contributed by atoms with Crippen molar-refractivity contribution in [3.63, 3.8) is 0 Å². The SMILES string of the molecule is CC(C)(C)OC(=O)N1CCC(=O)C[C@]1(Cc1ccccc1)C(=O)O. The van der Waals surface area contributed by atoms with Crippen LogP contribution in [0.25, 0.3) is 0 Å². The van der Waals surface area contributed by atoms with Crippen molar-refractivity contribution in [1.82, 2.24) is 4.90 Å². The van der Waals surface area contributed by atoms with Crippen LogP contribution in [-0.2, 0) is 20.7 Å². The van der Waals surface area contributed by atoms with Gasteiger partial charge in [0.1, 0.15) is 11.4 Å². The second-order valence-corrected chi connectivity index (χ2v) is 7.10. The fraction of sp³-hybridized carbons (Fsp3) is 0.500. The Labute approximate surface area is 141 Å². The predicted molar refractivity (Wildman–Crippen MR) is 87.7 cm³/mol. The second-order valence-electron chi connectivity index (χ2n) is 7.10. The summed E-state index contributed by atoms with van der Waals surface area (Å²) in [7, 11) is 0. The molecule has 6 nitrogen and oxygen atoms in total. The Bertz CT molecular complexity index is 635. The number of carboxylic acid groups (broad SMARTS) is 1. The topological polar surface area (TPSA) is 83.9 Å². The highest BCUT2D eigenvalue weighted by molar-refractivity contribution is 5.94. The Balaban J connectivity index is 2.40. The molecule has 1 fully saturated rings. The zero-order valence-corrected chi connectivity index (χ0v) is 14.2. The number of piperidine rings is 1. The molecule has 1 aromatic rings. The molecule has 0 saturated carbocycles. The molecule has 130 valence electrons. The molecular weight excluding hydrogens is 310 g/mol. The lowest BCUT2D eigenvalue weighted by Gasteiger charge is -2.43. The summed E-state index contributed by atoms with van der Waals surface area (Å²) in [6.45, 7) is 5.21. The predicted octanol–water partition coefficient (Wildman–Crippen LogP) is 2.65. The maximum Gasteiger partial charge on any atom is 0.411 e. The third kappa shape index (κ3) is 3.93. The molecule has 1 amide bonds. The summed E-state index contributed by atoms with van der Waals surface area (Å²) in [6, 6.07) is 9.00. The Morgan fingerprint density at radius 2 is 1.88 bits per heavy atom. The first-order chi connectivity index (χ1) is 11.1. The second kappa shape index (κ2) is 6.63. The fourth-order valence-electron chi connectivity index (χ4n) is 2.90. The van der Waals surface area contributed by atoms with Crippen molar-refractivity contribution >= 4 is 17.8 Å². The van der Waals surface area contributed by atoms with Gasteiger partial charge >= 0.3 is 12.1 Å². The number of hydrogen-bond donors (Lipinski definition) is 1. The number of likely N-dealkylation sites (tertiary alicyclic amines) is 1. The van der Waals surface area contributed by atoms with Crippen molar-refractivity contribution in [2.24, 2.45) is 0 Å². The quantitative estimate of drug-likeness (QED) is 0.919. The van der Waals surface area contributed by atoms with Crippen LogP contribution >= 0.6 is 0 Å². The minimum absolute atomic E-state index is 0.0485. The van der Waals surface area contributed by atoms with Gasteiger partial charge in [-0.3, -0.25) is 9.69 Å². The first kappa shape index (κ1) is 18.0. The van der Waals surface area contributed by atoms with Gasteiger partial charge in [-0.2, -0.15) is 0 Å². The minimum Gasteiger partial charge on any atom is -0.479 e. The lowest BCUT2D eigenvalue weighted by Crippen LogP contribution is -2.63. The molecule has 1 aromatic carbocycles. The molecule has 0 radical (unpaired) electrons. The van der Waals surface area contributed by atoms with Crippen LogP contribution in [0.15, 0.2) is 30.3 Å². The lowest BCUT2D eigenvalue weighted by molar-refractivity contribution is -0.156. The number of Topliss-reactive ketones (excluding diaryl/α,β-unsaturated/α-hetero) is 1. The average molecular weight is 333 g/mol. The van der Waals surface area contributed by atoms with Crippen molar-refractivity contribution in [2.45, 2.75) is 51.2 Å². The van der Waals surface area contributed by atoms with Gasteiger partial charge in [-0.15, -0.1) is 0 Å². The molecule has 6 heteroatoms. The maximum absolute atomic E-state index is 12.6. The molecule has 1 N–H and O–H groups in total. The average Bonchev–Trinajstić information content (AvgIpc) is 2.46. The molecule has 0 aliphatic carbocycles. The summed E-state index contributed by atoms with van der Waals surface area (Å²) in [5.41, 5.74) is -1.60. The van der Waals surface area contributed by atoms with E-state index in [0.717, 1.165) is 5.56 Å². The van der Waals surface area contributed by atoms with Crippen molar-refractivity contribution in [3.8, 4) is 0 Å². The number of carbonyl (C=O) groups excluding carboxylic acids is 2. The van der Waals surface area contributed by atoms with Gasteiger partial charge in [0, 0.05) is 25.8 Å². The van der Waals surface area contributed by atoms with Crippen LogP contribution in [0.5, 0.6) is 0 Å². The smallest absolute Gasteiger partial charge is 0.411 e. The number of hydrogen-bond acceptors (Lipinski definition) is 4. The molecule has 1 aliphatic rings. The summed E-state index contributed by atoms with van der Waals surface area (Å²) >= 11 is 0. The van der Waals surface area contributed by atoms with E-state index in [9.17, 15) is 19.5 Å². The zero-order valence-electron chi connectivity index (χ0n) is 14.2.